The number of aliphatic hydroxyl groups is 2. The fourth-order valence-corrected chi connectivity index (χ4v) is 5.53. The molecule has 1 aromatic carbocycles. The van der Waals surface area contributed by atoms with Gasteiger partial charge in [-0.2, -0.15) is 0 Å². The normalized spacial score (nSPS) is 35.3. The van der Waals surface area contributed by atoms with Crippen molar-refractivity contribution in [1.29, 1.82) is 0 Å². The van der Waals surface area contributed by atoms with Crippen molar-refractivity contribution in [1.82, 2.24) is 4.90 Å². The molecule has 2 amide bonds. The highest BCUT2D eigenvalue weighted by molar-refractivity contribution is 6.06. The maximum absolute atomic E-state index is 13.5. The summed E-state index contributed by atoms with van der Waals surface area (Å²) in [6, 6.07) is 9.12. The molecule has 3 aliphatic rings. The van der Waals surface area contributed by atoms with Crippen molar-refractivity contribution in [2.45, 2.75) is 58.3 Å². The van der Waals surface area contributed by atoms with Crippen molar-refractivity contribution < 1.29 is 24.6 Å². The van der Waals surface area contributed by atoms with Gasteiger partial charge in [0, 0.05) is 18.3 Å². The van der Waals surface area contributed by atoms with E-state index in [4.69, 9.17) is 4.84 Å². The smallest absolute Gasteiger partial charge is 0.234 e. The molecule has 1 aliphatic heterocycles. The third-order valence-corrected chi connectivity index (χ3v) is 7.07. The van der Waals surface area contributed by atoms with Gasteiger partial charge in [0.1, 0.15) is 6.61 Å². The molecule has 31 heavy (non-hydrogen) atoms. The number of likely N-dealkylation sites (tertiary alicyclic amines) is 1. The molecule has 2 aliphatic carbocycles. The zero-order valence-corrected chi connectivity index (χ0v) is 18.3. The molecular weight excluding hydrogens is 396 g/mol. The third kappa shape index (κ3) is 3.89. The van der Waals surface area contributed by atoms with Crippen LogP contribution >= 0.6 is 0 Å². The molecule has 1 saturated heterocycles. The number of carbonyl (C=O) groups is 2. The van der Waals surface area contributed by atoms with Gasteiger partial charge in [-0.05, 0) is 31.2 Å². The Hall–Kier alpha value is -2.25. The van der Waals surface area contributed by atoms with E-state index in [2.05, 4.69) is 5.16 Å². The number of rotatable bonds is 5. The lowest BCUT2D eigenvalue weighted by Gasteiger charge is -2.45. The Balaban J connectivity index is 1.62. The number of carbonyl (C=O) groups excluding carboxylic acids is 2. The van der Waals surface area contributed by atoms with Crippen LogP contribution in [0, 0.1) is 29.6 Å². The lowest BCUT2D eigenvalue weighted by Crippen LogP contribution is -2.54. The molecule has 1 aromatic rings. The Morgan fingerprint density at radius 1 is 1.06 bits per heavy atom. The van der Waals surface area contributed by atoms with E-state index in [-0.39, 0.29) is 30.2 Å². The molecule has 1 heterocycles. The van der Waals surface area contributed by atoms with Crippen molar-refractivity contribution in [3.05, 3.63) is 35.9 Å². The molecule has 7 atom stereocenters. The van der Waals surface area contributed by atoms with Crippen LogP contribution in [-0.2, 0) is 14.4 Å². The standard InChI is InChI=1S/C24H32N2O5/c1-13(2)12-31-25-18-11-19(27)22(28)20-16(18)9-10-17-21(20)24(30)26(23(17)29)14(3)15-7-5-4-6-8-15/h4-8,13-14,16-17,19-22,27-28H,9-12H2,1-3H3/b25-18-/t14-,16-,17-,19+,20-,21+,22+/m0/s1. The number of oxime groups is 1. The molecule has 0 radical (unpaired) electrons. The van der Waals surface area contributed by atoms with Crippen molar-refractivity contribution >= 4 is 17.5 Å². The molecule has 7 heteroatoms. The fourth-order valence-electron chi connectivity index (χ4n) is 5.53. The minimum Gasteiger partial charge on any atom is -0.396 e. The number of fused-ring (bicyclic) bond motifs is 3. The topological polar surface area (TPSA) is 99.4 Å². The summed E-state index contributed by atoms with van der Waals surface area (Å²) in [7, 11) is 0. The molecule has 0 aromatic heterocycles. The van der Waals surface area contributed by atoms with Crippen LogP contribution in [0.5, 0.6) is 0 Å². The molecule has 0 unspecified atom stereocenters. The first-order valence-corrected chi connectivity index (χ1v) is 11.3. The van der Waals surface area contributed by atoms with Crippen LogP contribution in [0.15, 0.2) is 35.5 Å². The Labute approximate surface area is 183 Å². The molecule has 4 rings (SSSR count). The monoisotopic (exact) mass is 428 g/mol. The summed E-state index contributed by atoms with van der Waals surface area (Å²) in [6.07, 6.45) is -0.646. The number of benzene rings is 1. The highest BCUT2D eigenvalue weighted by atomic mass is 16.6. The van der Waals surface area contributed by atoms with Gasteiger partial charge in [-0.15, -0.1) is 0 Å². The highest BCUT2D eigenvalue weighted by Crippen LogP contribution is 2.51. The van der Waals surface area contributed by atoms with Gasteiger partial charge in [0.25, 0.3) is 0 Å². The predicted molar refractivity (Wildman–Crippen MR) is 115 cm³/mol. The summed E-state index contributed by atoms with van der Waals surface area (Å²) in [6.45, 7) is 6.38. The Bertz CT molecular complexity index is 855. The summed E-state index contributed by atoms with van der Waals surface area (Å²) >= 11 is 0. The summed E-state index contributed by atoms with van der Waals surface area (Å²) in [4.78, 5) is 33.6. The first kappa shape index (κ1) is 22.0. The van der Waals surface area contributed by atoms with Gasteiger partial charge in [-0.25, -0.2) is 0 Å². The van der Waals surface area contributed by atoms with Crippen molar-refractivity contribution in [2.75, 3.05) is 6.61 Å². The van der Waals surface area contributed by atoms with Gasteiger partial charge in [-0.3, -0.25) is 14.5 Å². The van der Waals surface area contributed by atoms with E-state index >= 15 is 0 Å². The van der Waals surface area contributed by atoms with E-state index in [1.54, 1.807) is 0 Å². The van der Waals surface area contributed by atoms with Crippen molar-refractivity contribution in [3.8, 4) is 0 Å². The van der Waals surface area contributed by atoms with Crippen molar-refractivity contribution in [2.24, 2.45) is 34.7 Å². The third-order valence-electron chi connectivity index (χ3n) is 7.07. The zero-order chi connectivity index (χ0) is 22.3. The largest absolute Gasteiger partial charge is 0.396 e. The molecule has 2 saturated carbocycles. The molecule has 3 fully saturated rings. The van der Waals surface area contributed by atoms with Gasteiger partial charge < -0.3 is 15.1 Å². The number of imide groups is 1. The van der Waals surface area contributed by atoms with Gasteiger partial charge in [0.15, 0.2) is 0 Å². The second kappa shape index (κ2) is 8.71. The van der Waals surface area contributed by atoms with Crippen molar-refractivity contribution in [3.63, 3.8) is 0 Å². The first-order chi connectivity index (χ1) is 14.8. The van der Waals surface area contributed by atoms with E-state index in [1.807, 2.05) is 51.1 Å². The number of amides is 2. The van der Waals surface area contributed by atoms with E-state index in [0.717, 1.165) is 5.56 Å². The summed E-state index contributed by atoms with van der Waals surface area (Å²) < 4.78 is 0. The van der Waals surface area contributed by atoms with E-state index in [1.165, 1.54) is 4.90 Å². The maximum Gasteiger partial charge on any atom is 0.234 e. The van der Waals surface area contributed by atoms with Crippen LogP contribution in [0.2, 0.25) is 0 Å². The van der Waals surface area contributed by atoms with Gasteiger partial charge >= 0.3 is 0 Å². The van der Waals surface area contributed by atoms with Crippen LogP contribution in [0.1, 0.15) is 51.6 Å². The second-order valence-corrected chi connectivity index (χ2v) is 9.56. The van der Waals surface area contributed by atoms with E-state index < -0.39 is 30.0 Å². The Morgan fingerprint density at radius 3 is 2.42 bits per heavy atom. The summed E-state index contributed by atoms with van der Waals surface area (Å²) in [5.41, 5.74) is 1.59. The average Bonchev–Trinajstić information content (AvgIpc) is 3.01. The van der Waals surface area contributed by atoms with Gasteiger partial charge in [0.2, 0.25) is 11.8 Å². The fraction of sp³-hybridized carbons (Fsp3) is 0.625. The average molecular weight is 429 g/mol. The van der Waals surface area contributed by atoms with E-state index in [9.17, 15) is 19.8 Å². The zero-order valence-electron chi connectivity index (χ0n) is 18.3. The summed E-state index contributed by atoms with van der Waals surface area (Å²) in [5, 5.41) is 25.7. The SMILES string of the molecule is CC(C)CO/N=C1/C[C@@H](O)[C@@H](O)[C@@H]2[C@@H]3C(=O)N([C@@H](C)c4ccccc4)C(=O)[C@H]3CC[C@@H]12. The second-order valence-electron chi connectivity index (χ2n) is 9.56. The number of nitrogens with zero attached hydrogens (tertiary/aromatic N) is 2. The van der Waals surface area contributed by atoms with Crippen LogP contribution in [0.25, 0.3) is 0 Å². The minimum atomic E-state index is -1.06. The lowest BCUT2D eigenvalue weighted by molar-refractivity contribution is -0.144. The highest BCUT2D eigenvalue weighted by Gasteiger charge is 2.60. The Morgan fingerprint density at radius 2 is 1.74 bits per heavy atom. The Kier molecular flexibility index (Phi) is 6.17. The van der Waals surface area contributed by atoms with Crippen LogP contribution < -0.4 is 0 Å². The van der Waals surface area contributed by atoms with Crippen LogP contribution in [-0.4, -0.2) is 51.5 Å². The van der Waals surface area contributed by atoms with Gasteiger partial charge in [-0.1, -0.05) is 49.3 Å². The van der Waals surface area contributed by atoms with E-state index in [0.29, 0.717) is 31.1 Å². The molecule has 168 valence electrons. The molecular formula is C24H32N2O5. The lowest BCUT2D eigenvalue weighted by atomic mass is 9.60. The molecule has 7 nitrogen and oxygen atoms in total. The van der Waals surface area contributed by atoms with Gasteiger partial charge in [0.05, 0.1) is 35.8 Å². The number of aliphatic hydroxyl groups excluding tert-OH is 2. The molecule has 0 spiro atoms. The number of hydrogen-bond donors (Lipinski definition) is 2. The maximum atomic E-state index is 13.5. The molecule has 0 bridgehead atoms. The molecule has 2 N–H and O–H groups in total. The predicted octanol–water partition coefficient (Wildman–Crippen LogP) is 2.53. The quantitative estimate of drug-likeness (QED) is 0.555. The van der Waals surface area contributed by atoms with Crippen LogP contribution in [0.4, 0.5) is 0 Å². The summed E-state index contributed by atoms with van der Waals surface area (Å²) in [5.74, 6) is -1.92. The minimum absolute atomic E-state index is 0.171. The first-order valence-electron chi connectivity index (χ1n) is 11.3. The van der Waals surface area contributed by atoms with Crippen LogP contribution in [0.3, 0.4) is 0 Å². The number of hydrogen-bond acceptors (Lipinski definition) is 6.